The Morgan fingerprint density at radius 2 is 0.660 bits per heavy atom. The fourth-order valence-electron chi connectivity index (χ4n) is 8.68. The number of hydrogen-bond donors (Lipinski definition) is 0. The first-order chi connectivity index (χ1) is 24.3. The van der Waals surface area contributed by atoms with Gasteiger partial charge in [0.2, 0.25) is 0 Å². The van der Waals surface area contributed by atoms with Gasteiger partial charge in [0.25, 0.3) is 0 Å². The van der Waals surface area contributed by atoms with Crippen LogP contribution >= 0.6 is 0 Å². The summed E-state index contributed by atoms with van der Waals surface area (Å²) in [6.45, 7) is 0.535. The fourth-order valence-corrected chi connectivity index (χ4v) is 8.68. The van der Waals surface area contributed by atoms with E-state index < -0.39 is 11.3 Å². The standard InChI is InChI=1S/C38H38N4O8/c1-45-25-11-7-23(8-12-25)37-38(24-9-13-26(46-2)14-10-24)41-21-29-30(34(50-6)18-17-33(29)49-5)22-42(38)36(44)40(37)20-28-27(19-39(37)35(41)43)31(47-3)15-16-32(28)48-4/h7-18H,19-22H2,1-6H3. The summed E-state index contributed by atoms with van der Waals surface area (Å²) >= 11 is 0. The molecule has 4 amide bonds. The summed E-state index contributed by atoms with van der Waals surface area (Å²) in [5.41, 5.74) is 1.73. The number of benzene rings is 4. The van der Waals surface area contributed by atoms with Gasteiger partial charge >= 0.3 is 12.1 Å². The van der Waals surface area contributed by atoms with Gasteiger partial charge in [-0.2, -0.15) is 0 Å². The Morgan fingerprint density at radius 1 is 0.400 bits per heavy atom. The third-order valence-corrected chi connectivity index (χ3v) is 10.8. The van der Waals surface area contributed by atoms with Crippen LogP contribution in [0.2, 0.25) is 0 Å². The number of fused-ring (bicyclic) bond motifs is 2. The maximum absolute atomic E-state index is 15.6. The van der Waals surface area contributed by atoms with E-state index in [0.29, 0.717) is 34.5 Å². The van der Waals surface area contributed by atoms with Gasteiger partial charge in [-0.25, -0.2) is 9.59 Å². The second-order valence-electron chi connectivity index (χ2n) is 12.6. The van der Waals surface area contributed by atoms with Crippen molar-refractivity contribution in [2.75, 3.05) is 42.7 Å². The van der Waals surface area contributed by atoms with Crippen LogP contribution in [0.5, 0.6) is 34.5 Å². The summed E-state index contributed by atoms with van der Waals surface area (Å²) in [5.74, 6) is 3.69. The summed E-state index contributed by atoms with van der Waals surface area (Å²) in [6, 6.07) is 22.1. The van der Waals surface area contributed by atoms with Gasteiger partial charge in [-0.3, -0.25) is 19.6 Å². The maximum Gasteiger partial charge on any atom is 0.325 e. The van der Waals surface area contributed by atoms with E-state index in [0.717, 1.165) is 33.4 Å². The Hall–Kier alpha value is -5.78. The number of carbonyl (C=O) groups is 2. The minimum absolute atomic E-state index is 0.134. The Labute approximate surface area is 290 Å². The Bertz CT molecular complexity index is 1780. The van der Waals surface area contributed by atoms with Crippen molar-refractivity contribution in [3.8, 4) is 34.5 Å². The van der Waals surface area contributed by atoms with Crippen LogP contribution < -0.4 is 28.4 Å². The van der Waals surface area contributed by atoms with Crippen LogP contribution in [0.25, 0.3) is 0 Å². The van der Waals surface area contributed by atoms with Crippen LogP contribution in [0, 0.1) is 0 Å². The lowest BCUT2D eigenvalue weighted by molar-refractivity contribution is -0.0795. The highest BCUT2D eigenvalue weighted by Crippen LogP contribution is 2.66. The molecule has 12 nitrogen and oxygen atoms in total. The number of methoxy groups -OCH3 is 6. The molecule has 2 fully saturated rings. The number of urea groups is 2. The number of hydrogen-bond acceptors (Lipinski definition) is 8. The Kier molecular flexibility index (Phi) is 7.18. The summed E-state index contributed by atoms with van der Waals surface area (Å²) in [4.78, 5) is 38.4. The summed E-state index contributed by atoms with van der Waals surface area (Å²) in [7, 11) is 9.64. The van der Waals surface area contributed by atoms with Crippen molar-refractivity contribution >= 4 is 12.1 Å². The predicted molar refractivity (Wildman–Crippen MR) is 181 cm³/mol. The van der Waals surface area contributed by atoms with Crippen LogP contribution in [0.3, 0.4) is 0 Å². The lowest BCUT2D eigenvalue weighted by Gasteiger charge is -2.49. The lowest BCUT2D eigenvalue weighted by atomic mass is 9.79. The molecule has 0 aliphatic carbocycles. The molecule has 0 bridgehead atoms. The monoisotopic (exact) mass is 678 g/mol. The molecule has 4 heterocycles. The van der Waals surface area contributed by atoms with Gasteiger partial charge < -0.3 is 28.4 Å². The molecule has 0 N–H and O–H groups in total. The van der Waals surface area contributed by atoms with Crippen LogP contribution in [-0.2, 0) is 37.5 Å². The van der Waals surface area contributed by atoms with Crippen molar-refractivity contribution in [2.45, 2.75) is 37.5 Å². The Morgan fingerprint density at radius 3 is 0.880 bits per heavy atom. The van der Waals surface area contributed by atoms with Gasteiger partial charge in [0.15, 0.2) is 11.3 Å². The average molecular weight is 679 g/mol. The number of rotatable bonds is 8. The van der Waals surface area contributed by atoms with Gasteiger partial charge in [0.05, 0.1) is 68.8 Å². The molecule has 2 saturated heterocycles. The van der Waals surface area contributed by atoms with E-state index >= 15 is 9.59 Å². The second-order valence-corrected chi connectivity index (χ2v) is 12.6. The third kappa shape index (κ3) is 3.81. The van der Waals surface area contributed by atoms with Gasteiger partial charge in [0, 0.05) is 33.4 Å². The molecule has 0 spiro atoms. The number of amides is 4. The van der Waals surface area contributed by atoms with Crippen molar-refractivity contribution in [3.05, 3.63) is 106 Å². The zero-order valence-corrected chi connectivity index (χ0v) is 28.8. The first-order valence-corrected chi connectivity index (χ1v) is 16.3. The largest absolute Gasteiger partial charge is 0.497 e. The first-order valence-electron chi connectivity index (χ1n) is 16.3. The van der Waals surface area contributed by atoms with Crippen molar-refractivity contribution in [3.63, 3.8) is 0 Å². The molecule has 4 aliphatic rings. The fraction of sp³-hybridized carbons (Fsp3) is 0.316. The average Bonchev–Trinajstić information content (AvgIpc) is 3.31. The minimum Gasteiger partial charge on any atom is -0.497 e. The van der Waals surface area contributed by atoms with Crippen LogP contribution in [0.1, 0.15) is 33.4 Å². The maximum atomic E-state index is 15.6. The van der Waals surface area contributed by atoms with E-state index in [-0.39, 0.29) is 38.2 Å². The minimum atomic E-state index is -1.40. The quantitative estimate of drug-likeness (QED) is 0.236. The van der Waals surface area contributed by atoms with Gasteiger partial charge in [-0.15, -0.1) is 0 Å². The van der Waals surface area contributed by atoms with Crippen molar-refractivity contribution in [1.29, 1.82) is 0 Å². The number of nitrogens with zero attached hydrogens (tertiary/aromatic N) is 4. The number of carbonyl (C=O) groups excluding carboxylic acids is 2. The van der Waals surface area contributed by atoms with Gasteiger partial charge in [0.1, 0.15) is 34.5 Å². The van der Waals surface area contributed by atoms with Crippen LogP contribution in [-0.4, -0.2) is 74.3 Å². The highest BCUT2D eigenvalue weighted by atomic mass is 16.5. The van der Waals surface area contributed by atoms with E-state index in [9.17, 15) is 0 Å². The van der Waals surface area contributed by atoms with Gasteiger partial charge in [-0.05, 0) is 48.5 Å². The molecule has 4 aromatic rings. The summed E-state index contributed by atoms with van der Waals surface area (Å²) in [6.07, 6.45) is 0. The molecule has 0 aromatic heterocycles. The predicted octanol–water partition coefficient (Wildman–Crippen LogP) is 5.65. The van der Waals surface area contributed by atoms with Crippen LogP contribution in [0.4, 0.5) is 9.59 Å². The molecule has 50 heavy (non-hydrogen) atoms. The molecule has 0 radical (unpaired) electrons. The highest BCUT2D eigenvalue weighted by molar-refractivity contribution is 5.91. The van der Waals surface area contributed by atoms with E-state index in [4.69, 9.17) is 28.4 Å². The molecule has 4 aliphatic heterocycles. The molecule has 0 unspecified atom stereocenters. The van der Waals surface area contributed by atoms with Crippen molar-refractivity contribution in [1.82, 2.24) is 19.6 Å². The molecular formula is C38H38N4O8. The molecule has 0 saturated carbocycles. The van der Waals surface area contributed by atoms with E-state index in [2.05, 4.69) is 0 Å². The van der Waals surface area contributed by atoms with Crippen LogP contribution in [0.15, 0.2) is 72.8 Å². The highest BCUT2D eigenvalue weighted by Gasteiger charge is 2.81. The molecule has 8 rings (SSSR count). The molecular weight excluding hydrogens is 640 g/mol. The first kappa shape index (κ1) is 31.5. The summed E-state index contributed by atoms with van der Waals surface area (Å²) < 4.78 is 34.7. The molecule has 258 valence electrons. The van der Waals surface area contributed by atoms with Crippen molar-refractivity contribution in [2.24, 2.45) is 0 Å². The number of ether oxygens (including phenoxy) is 6. The van der Waals surface area contributed by atoms with E-state index in [1.165, 1.54) is 0 Å². The SMILES string of the molecule is COc1ccc(C23N4Cc5c(OC)ccc(OC)c5CN2C(=O)N2Cc5c(OC)ccc(OC)c5CN(C4=O)C23c2ccc(OC)cc2)cc1. The molecule has 0 atom stereocenters. The Balaban J connectivity index is 1.52. The smallest absolute Gasteiger partial charge is 0.325 e. The molecule has 4 aromatic carbocycles. The zero-order valence-electron chi connectivity index (χ0n) is 28.8. The molecule has 12 heteroatoms. The zero-order chi connectivity index (χ0) is 34.9. The van der Waals surface area contributed by atoms with Gasteiger partial charge in [-0.1, -0.05) is 24.3 Å². The summed E-state index contributed by atoms with van der Waals surface area (Å²) in [5, 5.41) is 0. The third-order valence-electron chi connectivity index (χ3n) is 10.8. The second kappa shape index (κ2) is 11.4. The van der Waals surface area contributed by atoms with E-state index in [1.807, 2.05) is 92.4 Å². The normalized spacial score (nSPS) is 21.6. The van der Waals surface area contributed by atoms with Crippen molar-refractivity contribution < 1.29 is 38.0 Å². The lowest BCUT2D eigenvalue weighted by Crippen LogP contribution is -2.62. The topological polar surface area (TPSA) is 102 Å². The van der Waals surface area contributed by atoms with E-state index in [1.54, 1.807) is 42.7 Å².